The van der Waals surface area contributed by atoms with Crippen LogP contribution in [0.5, 0.6) is 5.75 Å². The van der Waals surface area contributed by atoms with Crippen molar-refractivity contribution in [3.63, 3.8) is 0 Å². The molecule has 0 saturated heterocycles. The minimum atomic E-state index is -0.0100. The Kier molecular flexibility index (Phi) is 3.37. The van der Waals surface area contributed by atoms with Gasteiger partial charge in [0.05, 0.1) is 0 Å². The third kappa shape index (κ3) is 2.40. The highest BCUT2D eigenvalue weighted by atomic mass is 16.3. The third-order valence-electron chi connectivity index (χ3n) is 3.46. The quantitative estimate of drug-likeness (QED) is 0.784. The van der Waals surface area contributed by atoms with E-state index in [-0.39, 0.29) is 10.8 Å². The first-order valence-corrected chi connectivity index (χ1v) is 6.03. The van der Waals surface area contributed by atoms with E-state index >= 15 is 0 Å². The van der Waals surface area contributed by atoms with Crippen LogP contribution in [0.15, 0.2) is 18.2 Å². The summed E-state index contributed by atoms with van der Waals surface area (Å²) in [5, 5.41) is 10.4. The lowest BCUT2D eigenvalue weighted by Crippen LogP contribution is -2.18. The van der Waals surface area contributed by atoms with Crippen LogP contribution in [-0.2, 0) is 10.8 Å². The highest BCUT2D eigenvalue weighted by molar-refractivity contribution is 5.47. The fourth-order valence-electron chi connectivity index (χ4n) is 1.89. The van der Waals surface area contributed by atoms with E-state index in [0.717, 1.165) is 17.5 Å². The second-order valence-corrected chi connectivity index (χ2v) is 6.19. The van der Waals surface area contributed by atoms with E-state index in [4.69, 9.17) is 0 Å². The van der Waals surface area contributed by atoms with E-state index in [1.807, 2.05) is 18.2 Å². The molecule has 1 aromatic carbocycles. The van der Waals surface area contributed by atoms with Crippen LogP contribution in [0.2, 0.25) is 0 Å². The predicted molar refractivity (Wildman–Crippen MR) is 70.1 cm³/mol. The first kappa shape index (κ1) is 13.1. The molecule has 0 unspecified atom stereocenters. The zero-order valence-corrected chi connectivity index (χ0v) is 11.4. The van der Waals surface area contributed by atoms with Gasteiger partial charge in [-0.1, -0.05) is 59.7 Å². The maximum Gasteiger partial charge on any atom is 0.123 e. The summed E-state index contributed by atoms with van der Waals surface area (Å²) in [5.41, 5.74) is 2.11. The topological polar surface area (TPSA) is 20.2 Å². The summed E-state index contributed by atoms with van der Waals surface area (Å²) in [6.45, 7) is 12.9. The molecule has 0 bridgehead atoms. The smallest absolute Gasteiger partial charge is 0.123 e. The number of hydrogen-bond acceptors (Lipinski definition) is 1. The van der Waals surface area contributed by atoms with Crippen LogP contribution in [-0.4, -0.2) is 5.11 Å². The zero-order chi connectivity index (χ0) is 12.6. The Hall–Kier alpha value is -0.980. The number of para-hydroxylation sites is 1. The highest BCUT2D eigenvalue weighted by Gasteiger charge is 2.26. The molecule has 90 valence electrons. The monoisotopic (exact) mass is 220 g/mol. The Morgan fingerprint density at radius 2 is 1.50 bits per heavy atom. The predicted octanol–water partition coefficient (Wildman–Crippen LogP) is 4.38. The highest BCUT2D eigenvalue weighted by Crippen LogP contribution is 2.39. The molecule has 0 saturated carbocycles. The van der Waals surface area contributed by atoms with Gasteiger partial charge in [0.1, 0.15) is 5.75 Å². The first-order valence-electron chi connectivity index (χ1n) is 6.03. The molecular formula is C15H24O. The van der Waals surface area contributed by atoms with Crippen LogP contribution in [0.3, 0.4) is 0 Å². The molecule has 0 atom stereocenters. The molecule has 0 fully saturated rings. The van der Waals surface area contributed by atoms with E-state index in [0.29, 0.717) is 5.75 Å². The number of hydrogen-bond donors (Lipinski definition) is 1. The molecule has 0 amide bonds. The molecule has 0 aliphatic heterocycles. The Labute approximate surface area is 99.5 Å². The normalized spacial score (nSPS) is 12.9. The minimum Gasteiger partial charge on any atom is -0.507 e. The second kappa shape index (κ2) is 4.12. The fraction of sp³-hybridized carbons (Fsp3) is 0.600. The molecule has 1 rings (SSSR count). The van der Waals surface area contributed by atoms with Crippen molar-refractivity contribution in [2.75, 3.05) is 0 Å². The molecule has 0 heterocycles. The average Bonchev–Trinajstić information content (AvgIpc) is 2.16. The molecule has 1 heteroatoms. The van der Waals surface area contributed by atoms with Crippen LogP contribution in [0, 0.1) is 0 Å². The van der Waals surface area contributed by atoms with Crippen molar-refractivity contribution in [1.82, 2.24) is 0 Å². The van der Waals surface area contributed by atoms with E-state index in [1.165, 1.54) is 0 Å². The van der Waals surface area contributed by atoms with Crippen LogP contribution in [0.1, 0.15) is 59.1 Å². The van der Waals surface area contributed by atoms with Gasteiger partial charge < -0.3 is 5.11 Å². The molecule has 16 heavy (non-hydrogen) atoms. The first-order chi connectivity index (χ1) is 7.20. The lowest BCUT2D eigenvalue weighted by atomic mass is 9.77. The van der Waals surface area contributed by atoms with Crippen molar-refractivity contribution in [2.45, 2.75) is 58.8 Å². The van der Waals surface area contributed by atoms with Gasteiger partial charge in [-0.15, -0.1) is 0 Å². The largest absolute Gasteiger partial charge is 0.507 e. The van der Waals surface area contributed by atoms with Crippen LogP contribution in [0.25, 0.3) is 0 Å². The minimum absolute atomic E-state index is 0.0100. The summed E-state index contributed by atoms with van der Waals surface area (Å²) in [6.07, 6.45) is 1.02. The second-order valence-electron chi connectivity index (χ2n) is 6.19. The van der Waals surface area contributed by atoms with Gasteiger partial charge in [0, 0.05) is 0 Å². The van der Waals surface area contributed by atoms with E-state index in [9.17, 15) is 5.11 Å². The fourth-order valence-corrected chi connectivity index (χ4v) is 1.89. The Bertz CT molecular complexity index is 370. The molecule has 1 nitrogen and oxygen atoms in total. The molecule has 0 spiro atoms. The average molecular weight is 220 g/mol. The van der Waals surface area contributed by atoms with E-state index in [1.54, 1.807) is 0 Å². The van der Waals surface area contributed by atoms with Gasteiger partial charge in [-0.3, -0.25) is 0 Å². The van der Waals surface area contributed by atoms with Crippen molar-refractivity contribution < 1.29 is 5.11 Å². The van der Waals surface area contributed by atoms with Crippen LogP contribution in [0.4, 0.5) is 0 Å². The van der Waals surface area contributed by atoms with Crippen molar-refractivity contribution in [3.05, 3.63) is 29.3 Å². The Morgan fingerprint density at radius 1 is 1.00 bits per heavy atom. The molecule has 0 aliphatic rings. The Morgan fingerprint density at radius 3 is 1.94 bits per heavy atom. The number of benzene rings is 1. The van der Waals surface area contributed by atoms with Crippen molar-refractivity contribution >= 4 is 0 Å². The number of phenols is 1. The summed E-state index contributed by atoms with van der Waals surface area (Å²) < 4.78 is 0. The Balaban J connectivity index is 3.36. The van der Waals surface area contributed by atoms with Gasteiger partial charge in [0.25, 0.3) is 0 Å². The van der Waals surface area contributed by atoms with Gasteiger partial charge in [-0.2, -0.15) is 0 Å². The van der Waals surface area contributed by atoms with Crippen molar-refractivity contribution in [2.24, 2.45) is 0 Å². The van der Waals surface area contributed by atoms with Gasteiger partial charge in [0.15, 0.2) is 0 Å². The van der Waals surface area contributed by atoms with Crippen molar-refractivity contribution in [3.8, 4) is 5.75 Å². The maximum absolute atomic E-state index is 10.4. The summed E-state index contributed by atoms with van der Waals surface area (Å²) in [7, 11) is 0. The van der Waals surface area contributed by atoms with Gasteiger partial charge in [-0.05, 0) is 28.4 Å². The zero-order valence-electron chi connectivity index (χ0n) is 11.4. The van der Waals surface area contributed by atoms with Gasteiger partial charge >= 0.3 is 0 Å². The van der Waals surface area contributed by atoms with Crippen LogP contribution < -0.4 is 0 Å². The van der Waals surface area contributed by atoms with E-state index < -0.39 is 0 Å². The number of aromatic hydroxyl groups is 1. The summed E-state index contributed by atoms with van der Waals surface area (Å²) in [4.78, 5) is 0. The number of rotatable bonds is 2. The van der Waals surface area contributed by atoms with Crippen LogP contribution >= 0.6 is 0 Å². The molecule has 0 radical (unpaired) electrons. The molecule has 0 aliphatic carbocycles. The van der Waals surface area contributed by atoms with Gasteiger partial charge in [0.2, 0.25) is 0 Å². The van der Waals surface area contributed by atoms with Crippen molar-refractivity contribution in [1.29, 1.82) is 0 Å². The summed E-state index contributed by atoms with van der Waals surface area (Å²) in [5.74, 6) is 0.474. The van der Waals surface area contributed by atoms with E-state index in [2.05, 4.69) is 41.5 Å². The summed E-state index contributed by atoms with van der Waals surface area (Å²) in [6, 6.07) is 6.10. The molecule has 1 N–H and O–H groups in total. The van der Waals surface area contributed by atoms with Gasteiger partial charge in [-0.25, -0.2) is 0 Å². The number of phenolic OH excluding ortho intramolecular Hbond substituents is 1. The lowest BCUT2D eigenvalue weighted by Gasteiger charge is -2.28. The molecular weight excluding hydrogens is 196 g/mol. The third-order valence-corrected chi connectivity index (χ3v) is 3.46. The molecule has 1 aromatic rings. The SMILES string of the molecule is CCC(C)(C)c1cccc(C(C)(C)C)c1O. The maximum atomic E-state index is 10.4. The standard InChI is InChI=1S/C15H24O/c1-7-15(5,6)12-10-8-9-11(13(12)16)14(2,3)4/h8-10,16H,7H2,1-6H3. The molecule has 0 aromatic heterocycles. The summed E-state index contributed by atoms with van der Waals surface area (Å²) >= 11 is 0. The lowest BCUT2D eigenvalue weighted by molar-refractivity contribution is 0.410.